The number of carbonyl (C=O) groups is 1. The van der Waals surface area contributed by atoms with E-state index in [-0.39, 0.29) is 18.0 Å². The molecule has 0 unspecified atom stereocenters. The van der Waals surface area contributed by atoms with Gasteiger partial charge < -0.3 is 5.32 Å². The molecular weight excluding hydrogens is 342 g/mol. The Labute approximate surface area is 149 Å². The zero-order valence-electron chi connectivity index (χ0n) is 14.0. The van der Waals surface area contributed by atoms with Crippen molar-refractivity contribution < 1.29 is 4.79 Å². The summed E-state index contributed by atoms with van der Waals surface area (Å²) in [7, 11) is 0. The van der Waals surface area contributed by atoms with E-state index in [1.54, 1.807) is 31.3 Å². The number of rotatable bonds is 5. The molecule has 1 N–H and O–H groups in total. The molecule has 1 aromatic carbocycles. The number of halogens is 1. The lowest BCUT2D eigenvalue weighted by Gasteiger charge is -2.09. The summed E-state index contributed by atoms with van der Waals surface area (Å²) in [4.78, 5) is 24.8. The number of nitrogens with zero attached hydrogens (tertiary/aromatic N) is 4. The topological polar surface area (TPSA) is 81.8 Å². The fraction of sp³-hybridized carbons (Fsp3) is 0.294. The van der Waals surface area contributed by atoms with E-state index in [4.69, 9.17) is 11.6 Å². The first kappa shape index (κ1) is 17.2. The second-order valence-corrected chi connectivity index (χ2v) is 6.13. The van der Waals surface area contributed by atoms with E-state index in [0.29, 0.717) is 33.9 Å². The molecule has 0 aliphatic carbocycles. The number of aryl methyl sites for hydroxylation is 1. The molecule has 3 rings (SSSR count). The monoisotopic (exact) mass is 359 g/mol. The molecule has 0 radical (unpaired) electrons. The molecule has 0 spiro atoms. The smallest absolute Gasteiger partial charge is 0.293 e. The molecule has 7 nitrogen and oxygen atoms in total. The highest BCUT2D eigenvalue weighted by Crippen LogP contribution is 2.19. The average Bonchev–Trinajstić information content (AvgIpc) is 3.03. The third kappa shape index (κ3) is 3.41. The van der Waals surface area contributed by atoms with Crippen LogP contribution in [0.15, 0.2) is 35.3 Å². The van der Waals surface area contributed by atoms with Gasteiger partial charge in [-0.2, -0.15) is 10.2 Å². The quantitative estimate of drug-likeness (QED) is 0.756. The molecule has 3 aromatic rings. The summed E-state index contributed by atoms with van der Waals surface area (Å²) >= 11 is 6.04. The number of benzene rings is 1. The van der Waals surface area contributed by atoms with E-state index in [0.717, 1.165) is 6.42 Å². The average molecular weight is 360 g/mol. The Morgan fingerprint density at radius 2 is 2.16 bits per heavy atom. The van der Waals surface area contributed by atoms with E-state index in [9.17, 15) is 9.59 Å². The number of hydrogen-bond donors (Lipinski definition) is 1. The van der Waals surface area contributed by atoms with Gasteiger partial charge in [0.2, 0.25) is 5.91 Å². The number of carbonyl (C=O) groups excluding carboxylic acids is 1. The number of amides is 1. The lowest BCUT2D eigenvalue weighted by atomic mass is 10.2. The summed E-state index contributed by atoms with van der Waals surface area (Å²) in [5, 5.41) is 12.5. The molecule has 1 amide bonds. The molecule has 0 saturated carbocycles. The van der Waals surface area contributed by atoms with Gasteiger partial charge in [-0.15, -0.1) is 0 Å². The maximum absolute atomic E-state index is 12.9. The van der Waals surface area contributed by atoms with Crippen molar-refractivity contribution in [2.75, 3.05) is 6.54 Å². The molecule has 25 heavy (non-hydrogen) atoms. The maximum atomic E-state index is 12.9. The van der Waals surface area contributed by atoms with Crippen LogP contribution in [0, 0.1) is 6.92 Å². The van der Waals surface area contributed by atoms with E-state index in [1.165, 1.54) is 9.36 Å². The van der Waals surface area contributed by atoms with Gasteiger partial charge in [-0.05, 0) is 31.5 Å². The van der Waals surface area contributed by atoms with Crippen molar-refractivity contribution in [2.24, 2.45) is 0 Å². The van der Waals surface area contributed by atoms with Crippen molar-refractivity contribution in [3.63, 3.8) is 0 Å². The Morgan fingerprint density at radius 1 is 1.36 bits per heavy atom. The fourth-order valence-electron chi connectivity index (χ4n) is 2.59. The van der Waals surface area contributed by atoms with Crippen molar-refractivity contribution in [1.82, 2.24) is 24.9 Å². The summed E-state index contributed by atoms with van der Waals surface area (Å²) in [5.74, 6) is -0.246. The zero-order chi connectivity index (χ0) is 18.0. The normalized spacial score (nSPS) is 11.0. The van der Waals surface area contributed by atoms with Crippen LogP contribution in [0.2, 0.25) is 5.02 Å². The number of fused-ring (bicyclic) bond motifs is 1. The van der Waals surface area contributed by atoms with Gasteiger partial charge >= 0.3 is 0 Å². The summed E-state index contributed by atoms with van der Waals surface area (Å²) in [5.41, 5.74) is 1.31. The highest BCUT2D eigenvalue weighted by atomic mass is 35.5. The first-order valence-electron chi connectivity index (χ1n) is 7.99. The highest BCUT2D eigenvalue weighted by molar-refractivity contribution is 6.30. The van der Waals surface area contributed by atoms with E-state index in [2.05, 4.69) is 15.5 Å². The SMILES string of the molecule is CCCNC(=O)Cn1nc(C)c2cnn(-c3cccc(Cl)c3)c2c1=O. The van der Waals surface area contributed by atoms with Crippen LogP contribution >= 0.6 is 11.6 Å². The molecule has 8 heteroatoms. The molecule has 0 aliphatic rings. The first-order valence-corrected chi connectivity index (χ1v) is 8.37. The number of aromatic nitrogens is 4. The van der Waals surface area contributed by atoms with Gasteiger partial charge in [-0.1, -0.05) is 24.6 Å². The van der Waals surface area contributed by atoms with Crippen LogP contribution in [0.5, 0.6) is 0 Å². The zero-order valence-corrected chi connectivity index (χ0v) is 14.7. The predicted octanol–water partition coefficient (Wildman–Crippen LogP) is 2.07. The maximum Gasteiger partial charge on any atom is 0.293 e. The van der Waals surface area contributed by atoms with Crippen LogP contribution in [-0.2, 0) is 11.3 Å². The van der Waals surface area contributed by atoms with Crippen molar-refractivity contribution >= 4 is 28.4 Å². The minimum Gasteiger partial charge on any atom is -0.355 e. The van der Waals surface area contributed by atoms with E-state index >= 15 is 0 Å². The standard InChI is InChI=1S/C17H18ClN5O2/c1-3-7-19-15(24)10-22-17(25)16-14(11(2)21-22)9-20-23(16)13-6-4-5-12(18)8-13/h4-6,8-9H,3,7,10H2,1-2H3,(H,19,24). The van der Waals surface area contributed by atoms with Crippen LogP contribution < -0.4 is 10.9 Å². The number of hydrogen-bond acceptors (Lipinski definition) is 4. The Kier molecular flexibility index (Phi) is 4.85. The van der Waals surface area contributed by atoms with Gasteiger partial charge in [0.1, 0.15) is 12.1 Å². The predicted molar refractivity (Wildman–Crippen MR) is 96.2 cm³/mol. The van der Waals surface area contributed by atoms with Gasteiger partial charge in [-0.25, -0.2) is 9.36 Å². The van der Waals surface area contributed by atoms with Crippen molar-refractivity contribution in [2.45, 2.75) is 26.8 Å². The van der Waals surface area contributed by atoms with E-state index in [1.807, 2.05) is 13.0 Å². The van der Waals surface area contributed by atoms with Crippen LogP contribution in [0.3, 0.4) is 0 Å². The largest absolute Gasteiger partial charge is 0.355 e. The Hall–Kier alpha value is -2.67. The van der Waals surface area contributed by atoms with Crippen molar-refractivity contribution in [3.05, 3.63) is 51.5 Å². The second-order valence-electron chi connectivity index (χ2n) is 5.70. The summed E-state index contributed by atoms with van der Waals surface area (Å²) in [6, 6.07) is 7.07. The third-order valence-electron chi connectivity index (χ3n) is 3.79. The molecule has 0 bridgehead atoms. The fourth-order valence-corrected chi connectivity index (χ4v) is 2.77. The first-order chi connectivity index (χ1) is 12.0. The molecule has 0 saturated heterocycles. The molecule has 0 atom stereocenters. The second kappa shape index (κ2) is 7.06. The highest BCUT2D eigenvalue weighted by Gasteiger charge is 2.16. The Balaban J connectivity index is 2.10. The minimum atomic E-state index is -0.371. The van der Waals surface area contributed by atoms with Gasteiger partial charge in [0.15, 0.2) is 0 Å². The molecule has 2 aromatic heterocycles. The van der Waals surface area contributed by atoms with E-state index < -0.39 is 0 Å². The van der Waals surface area contributed by atoms with Gasteiger partial charge in [0.05, 0.1) is 17.6 Å². The lowest BCUT2D eigenvalue weighted by molar-refractivity contribution is -0.121. The number of nitrogens with one attached hydrogen (secondary N) is 1. The van der Waals surface area contributed by atoms with Crippen LogP contribution in [-0.4, -0.2) is 32.0 Å². The lowest BCUT2D eigenvalue weighted by Crippen LogP contribution is -2.34. The summed E-state index contributed by atoms with van der Waals surface area (Å²) in [6.45, 7) is 4.18. The third-order valence-corrected chi connectivity index (χ3v) is 4.02. The summed E-state index contributed by atoms with van der Waals surface area (Å²) in [6.07, 6.45) is 2.43. The van der Waals surface area contributed by atoms with Crippen LogP contribution in [0.4, 0.5) is 0 Å². The molecule has 2 heterocycles. The van der Waals surface area contributed by atoms with Crippen LogP contribution in [0.1, 0.15) is 19.0 Å². The molecular formula is C17H18ClN5O2. The van der Waals surface area contributed by atoms with Crippen molar-refractivity contribution in [3.8, 4) is 5.69 Å². The van der Waals surface area contributed by atoms with Gasteiger partial charge in [-0.3, -0.25) is 9.59 Å². The Morgan fingerprint density at radius 3 is 2.88 bits per heavy atom. The van der Waals surface area contributed by atoms with Gasteiger partial charge in [0.25, 0.3) is 5.56 Å². The van der Waals surface area contributed by atoms with Crippen molar-refractivity contribution in [1.29, 1.82) is 0 Å². The van der Waals surface area contributed by atoms with Crippen LogP contribution in [0.25, 0.3) is 16.6 Å². The molecule has 0 aliphatic heterocycles. The molecule has 130 valence electrons. The molecule has 0 fully saturated rings. The minimum absolute atomic E-state index is 0.129. The summed E-state index contributed by atoms with van der Waals surface area (Å²) < 4.78 is 2.70. The Bertz CT molecular complexity index is 992. The van der Waals surface area contributed by atoms with Gasteiger partial charge in [0, 0.05) is 17.0 Å².